The summed E-state index contributed by atoms with van der Waals surface area (Å²) in [6, 6.07) is 5.99. The Balaban J connectivity index is 0.00000156. The largest absolute Gasteiger partial charge is 0.350 e. The van der Waals surface area contributed by atoms with E-state index in [0.29, 0.717) is 17.9 Å². The molecule has 0 saturated carbocycles. The maximum atomic E-state index is 13.0. The third-order valence-corrected chi connectivity index (χ3v) is 4.46. The van der Waals surface area contributed by atoms with Crippen LogP contribution in [0.15, 0.2) is 36.8 Å². The van der Waals surface area contributed by atoms with Crippen LogP contribution in [0.2, 0.25) is 0 Å². The van der Waals surface area contributed by atoms with Crippen molar-refractivity contribution < 1.29 is 9.18 Å². The van der Waals surface area contributed by atoms with E-state index in [1.165, 1.54) is 18.3 Å². The third kappa shape index (κ3) is 5.17. The van der Waals surface area contributed by atoms with Gasteiger partial charge in [-0.2, -0.15) is 0 Å². The maximum absolute atomic E-state index is 13.0. The van der Waals surface area contributed by atoms with E-state index in [4.69, 9.17) is 0 Å². The van der Waals surface area contributed by atoms with Gasteiger partial charge in [0.2, 0.25) is 0 Å². The fourth-order valence-corrected chi connectivity index (χ4v) is 2.86. The highest BCUT2D eigenvalue weighted by Crippen LogP contribution is 2.26. The van der Waals surface area contributed by atoms with Crippen molar-refractivity contribution in [3.05, 3.63) is 48.3 Å². The molecule has 1 aliphatic rings. The summed E-state index contributed by atoms with van der Waals surface area (Å²) in [5, 5.41) is 6.35. The van der Waals surface area contributed by atoms with E-state index < -0.39 is 0 Å². The van der Waals surface area contributed by atoms with Gasteiger partial charge in [0.05, 0.1) is 12.5 Å². The number of carbonyl (C=O) groups is 1. The van der Waals surface area contributed by atoms with Crippen molar-refractivity contribution in [2.75, 3.05) is 19.6 Å². The molecule has 1 fully saturated rings. The summed E-state index contributed by atoms with van der Waals surface area (Å²) in [6.07, 6.45) is 5.19. The highest BCUT2D eigenvalue weighted by Gasteiger charge is 2.27. The Kier molecular flexibility index (Phi) is 7.86. The molecule has 1 aromatic heterocycles. The minimum atomic E-state index is -0.307. The highest BCUT2D eigenvalue weighted by atomic mass is 35.5. The van der Waals surface area contributed by atoms with Gasteiger partial charge in [0, 0.05) is 12.2 Å². The summed E-state index contributed by atoms with van der Waals surface area (Å²) in [7, 11) is 0. The zero-order valence-corrected chi connectivity index (χ0v) is 15.6. The second kappa shape index (κ2) is 9.17. The SMILES string of the molecule is CC1(CNC(=O)c2cncn2-c2ccc(F)cc2)CCNCC1.Cl.Cl. The minimum absolute atomic E-state index is 0. The van der Waals surface area contributed by atoms with Crippen molar-refractivity contribution in [3.63, 3.8) is 0 Å². The van der Waals surface area contributed by atoms with Gasteiger partial charge in [0.1, 0.15) is 11.5 Å². The number of hydrogen-bond acceptors (Lipinski definition) is 3. The van der Waals surface area contributed by atoms with Gasteiger partial charge in [0.25, 0.3) is 5.91 Å². The topological polar surface area (TPSA) is 59.0 Å². The van der Waals surface area contributed by atoms with Gasteiger partial charge in [-0.15, -0.1) is 24.8 Å². The molecule has 8 heteroatoms. The second-order valence-electron chi connectivity index (χ2n) is 6.37. The van der Waals surface area contributed by atoms with Gasteiger partial charge < -0.3 is 10.6 Å². The van der Waals surface area contributed by atoms with Crippen LogP contribution in [0.1, 0.15) is 30.3 Å². The molecule has 2 aromatic rings. The van der Waals surface area contributed by atoms with Crippen LogP contribution in [0.4, 0.5) is 4.39 Å². The van der Waals surface area contributed by atoms with E-state index in [9.17, 15) is 9.18 Å². The zero-order valence-electron chi connectivity index (χ0n) is 14.0. The lowest BCUT2D eigenvalue weighted by molar-refractivity contribution is 0.0915. The molecular formula is C17H23Cl2FN4O. The number of nitrogens with one attached hydrogen (secondary N) is 2. The van der Waals surface area contributed by atoms with Crippen molar-refractivity contribution in [2.45, 2.75) is 19.8 Å². The average Bonchev–Trinajstić information content (AvgIpc) is 3.04. The van der Waals surface area contributed by atoms with E-state index in [2.05, 4.69) is 22.5 Å². The molecule has 0 spiro atoms. The average molecular weight is 389 g/mol. The fourth-order valence-electron chi connectivity index (χ4n) is 2.86. The first-order valence-corrected chi connectivity index (χ1v) is 7.85. The second-order valence-corrected chi connectivity index (χ2v) is 6.37. The number of hydrogen-bond donors (Lipinski definition) is 2. The van der Waals surface area contributed by atoms with E-state index in [0.717, 1.165) is 25.9 Å². The molecule has 2 heterocycles. The van der Waals surface area contributed by atoms with Crippen molar-refractivity contribution in [1.82, 2.24) is 20.2 Å². The van der Waals surface area contributed by atoms with Gasteiger partial charge >= 0.3 is 0 Å². The maximum Gasteiger partial charge on any atom is 0.269 e. The first-order valence-electron chi connectivity index (χ1n) is 7.85. The fraction of sp³-hybridized carbons (Fsp3) is 0.412. The number of imidazole rings is 1. The minimum Gasteiger partial charge on any atom is -0.350 e. The summed E-state index contributed by atoms with van der Waals surface area (Å²) in [6.45, 7) is 4.81. The summed E-state index contributed by atoms with van der Waals surface area (Å²) in [4.78, 5) is 16.5. The van der Waals surface area contributed by atoms with Crippen molar-refractivity contribution >= 4 is 30.7 Å². The Morgan fingerprint density at radius 3 is 2.56 bits per heavy atom. The van der Waals surface area contributed by atoms with Crippen LogP contribution in [-0.2, 0) is 0 Å². The Bertz CT molecular complexity index is 684. The summed E-state index contributed by atoms with van der Waals surface area (Å²) in [5.41, 5.74) is 1.29. The molecule has 25 heavy (non-hydrogen) atoms. The number of benzene rings is 1. The normalized spacial score (nSPS) is 15.6. The Morgan fingerprint density at radius 1 is 1.28 bits per heavy atom. The quantitative estimate of drug-likeness (QED) is 0.846. The van der Waals surface area contributed by atoms with Crippen molar-refractivity contribution in [1.29, 1.82) is 0 Å². The number of piperidine rings is 1. The molecular weight excluding hydrogens is 366 g/mol. The summed E-state index contributed by atoms with van der Waals surface area (Å²) < 4.78 is 14.7. The lowest BCUT2D eigenvalue weighted by Gasteiger charge is -2.34. The lowest BCUT2D eigenvalue weighted by Crippen LogP contribution is -2.43. The number of carbonyl (C=O) groups excluding carboxylic acids is 1. The van der Waals surface area contributed by atoms with Crippen LogP contribution in [0.3, 0.4) is 0 Å². The molecule has 0 radical (unpaired) electrons. The summed E-state index contributed by atoms with van der Waals surface area (Å²) in [5.74, 6) is -0.467. The van der Waals surface area contributed by atoms with Gasteiger partial charge in [0.15, 0.2) is 0 Å². The molecule has 1 aromatic carbocycles. The van der Waals surface area contributed by atoms with Crippen LogP contribution >= 0.6 is 24.8 Å². The number of nitrogens with zero attached hydrogens (tertiary/aromatic N) is 2. The predicted molar refractivity (Wildman–Crippen MR) is 101 cm³/mol. The summed E-state index contributed by atoms with van der Waals surface area (Å²) >= 11 is 0. The van der Waals surface area contributed by atoms with Crippen molar-refractivity contribution in [2.24, 2.45) is 5.41 Å². The Morgan fingerprint density at radius 2 is 1.92 bits per heavy atom. The van der Waals surface area contributed by atoms with E-state index >= 15 is 0 Å². The molecule has 0 atom stereocenters. The van der Waals surface area contributed by atoms with Crippen LogP contribution in [-0.4, -0.2) is 35.1 Å². The van der Waals surface area contributed by atoms with E-state index in [1.807, 2.05) is 0 Å². The molecule has 5 nitrogen and oxygen atoms in total. The monoisotopic (exact) mass is 388 g/mol. The molecule has 0 bridgehead atoms. The van der Waals surface area contributed by atoms with Gasteiger partial charge in [-0.1, -0.05) is 6.92 Å². The van der Waals surface area contributed by atoms with Gasteiger partial charge in [-0.25, -0.2) is 9.37 Å². The van der Waals surface area contributed by atoms with Crippen LogP contribution in [0, 0.1) is 11.2 Å². The molecule has 2 N–H and O–H groups in total. The molecule has 0 aliphatic carbocycles. The Hall–Kier alpha value is -1.63. The first-order chi connectivity index (χ1) is 11.1. The van der Waals surface area contributed by atoms with Crippen LogP contribution < -0.4 is 10.6 Å². The van der Waals surface area contributed by atoms with E-state index in [1.54, 1.807) is 23.0 Å². The number of halogens is 3. The third-order valence-electron chi connectivity index (χ3n) is 4.46. The first kappa shape index (κ1) is 21.4. The molecule has 1 amide bonds. The standard InChI is InChI=1S/C17H21FN4O.2ClH/c1-17(6-8-19-9-7-17)11-21-16(23)15-10-20-12-22(15)14-4-2-13(18)3-5-14;;/h2-5,10,12,19H,6-9,11H2,1H3,(H,21,23);2*1H. The van der Waals surface area contributed by atoms with E-state index in [-0.39, 0.29) is 42.0 Å². The Labute approximate surface area is 159 Å². The molecule has 1 saturated heterocycles. The lowest BCUT2D eigenvalue weighted by atomic mass is 9.81. The number of rotatable bonds is 4. The smallest absolute Gasteiger partial charge is 0.269 e. The van der Waals surface area contributed by atoms with Gasteiger partial charge in [-0.3, -0.25) is 9.36 Å². The highest BCUT2D eigenvalue weighted by molar-refractivity contribution is 5.93. The molecule has 0 unspecified atom stereocenters. The number of aromatic nitrogens is 2. The molecule has 138 valence electrons. The van der Waals surface area contributed by atoms with Crippen LogP contribution in [0.25, 0.3) is 5.69 Å². The zero-order chi connectivity index (χ0) is 16.3. The molecule has 3 rings (SSSR count). The van der Waals surface area contributed by atoms with Gasteiger partial charge in [-0.05, 0) is 55.6 Å². The number of amides is 1. The molecule has 1 aliphatic heterocycles. The predicted octanol–water partition coefficient (Wildman–Crippen LogP) is 2.97. The van der Waals surface area contributed by atoms with Crippen LogP contribution in [0.5, 0.6) is 0 Å². The van der Waals surface area contributed by atoms with Crippen molar-refractivity contribution in [3.8, 4) is 5.69 Å².